The number of ether oxygens (including phenoxy) is 2. The molecule has 0 bridgehead atoms. The van der Waals surface area contributed by atoms with Crippen LogP contribution in [0.4, 0.5) is 0 Å². The van der Waals surface area contributed by atoms with Crippen LogP contribution in [-0.4, -0.2) is 31.6 Å². The van der Waals surface area contributed by atoms with Crippen molar-refractivity contribution in [3.8, 4) is 11.5 Å². The van der Waals surface area contributed by atoms with Crippen LogP contribution in [0.5, 0.6) is 11.5 Å². The average molecular weight is 348 g/mol. The first-order chi connectivity index (χ1) is 11.9. The van der Waals surface area contributed by atoms with Gasteiger partial charge in [0, 0.05) is 13.0 Å². The van der Waals surface area contributed by atoms with Gasteiger partial charge in [0.15, 0.2) is 11.5 Å². The molecule has 1 saturated heterocycles. The predicted molar refractivity (Wildman–Crippen MR) is 95.7 cm³/mol. The lowest BCUT2D eigenvalue weighted by Gasteiger charge is -2.33. The molecule has 1 heterocycles. The molecule has 6 heteroatoms. The molecule has 2 N–H and O–H groups in total. The molecule has 0 aromatic heterocycles. The zero-order valence-electron chi connectivity index (χ0n) is 15.5. The van der Waals surface area contributed by atoms with Crippen LogP contribution in [0, 0.1) is 5.41 Å². The quantitative estimate of drug-likeness (QED) is 0.794. The fourth-order valence-corrected chi connectivity index (χ4v) is 2.84. The van der Waals surface area contributed by atoms with E-state index < -0.39 is 5.41 Å². The number of hydrogen-bond acceptors (Lipinski definition) is 4. The molecule has 1 aliphatic rings. The maximum atomic E-state index is 12.7. The zero-order valence-corrected chi connectivity index (χ0v) is 15.5. The van der Waals surface area contributed by atoms with Crippen LogP contribution in [0.1, 0.15) is 52.1 Å². The van der Waals surface area contributed by atoms with E-state index in [1.54, 1.807) is 0 Å². The average Bonchev–Trinajstić information content (AvgIpc) is 2.59. The Morgan fingerprint density at radius 1 is 1.28 bits per heavy atom. The summed E-state index contributed by atoms with van der Waals surface area (Å²) in [5, 5.41) is 5.83. The molecular weight excluding hydrogens is 320 g/mol. The first-order valence-electron chi connectivity index (χ1n) is 8.87. The highest BCUT2D eigenvalue weighted by Crippen LogP contribution is 2.32. The summed E-state index contributed by atoms with van der Waals surface area (Å²) in [7, 11) is 0. The van der Waals surface area contributed by atoms with E-state index in [1.807, 2.05) is 45.9 Å². The maximum Gasteiger partial charge on any atom is 0.228 e. The van der Waals surface area contributed by atoms with E-state index in [-0.39, 0.29) is 17.9 Å². The lowest BCUT2D eigenvalue weighted by molar-refractivity contribution is -0.135. The Morgan fingerprint density at radius 2 is 1.96 bits per heavy atom. The second-order valence-electron chi connectivity index (χ2n) is 6.60. The third kappa shape index (κ3) is 4.65. The minimum Gasteiger partial charge on any atom is -0.490 e. The van der Waals surface area contributed by atoms with Gasteiger partial charge in [0.25, 0.3) is 0 Å². The number of carbonyl (C=O) groups is 2. The Labute approximate surface area is 149 Å². The van der Waals surface area contributed by atoms with Crippen molar-refractivity contribution in [1.29, 1.82) is 0 Å². The van der Waals surface area contributed by atoms with Gasteiger partial charge in [0.2, 0.25) is 11.8 Å². The Balaban J connectivity index is 2.09. The number of carbonyl (C=O) groups excluding carboxylic acids is 2. The van der Waals surface area contributed by atoms with Crippen molar-refractivity contribution < 1.29 is 19.1 Å². The summed E-state index contributed by atoms with van der Waals surface area (Å²) in [5.74, 6) is 1.34. The number of hydrogen-bond donors (Lipinski definition) is 2. The van der Waals surface area contributed by atoms with Gasteiger partial charge < -0.3 is 20.1 Å². The summed E-state index contributed by atoms with van der Waals surface area (Å²) in [6, 6.07) is 5.54. The molecule has 0 radical (unpaired) electrons. The fourth-order valence-electron chi connectivity index (χ4n) is 2.84. The fraction of sp³-hybridized carbons (Fsp3) is 0.579. The maximum absolute atomic E-state index is 12.7. The molecule has 2 amide bonds. The standard InChI is InChI=1S/C19H28N2O4/c1-5-24-15-8-7-14(11-16(15)25-6-2)13(3)21-18(23)19(4)10-9-17(22)20-12-19/h7-8,11,13H,5-6,9-10,12H2,1-4H3,(H,20,22)(H,21,23)/t13-,19-/m1/s1. The molecule has 0 saturated carbocycles. The van der Waals surface area contributed by atoms with E-state index >= 15 is 0 Å². The highest BCUT2D eigenvalue weighted by molar-refractivity contribution is 5.86. The van der Waals surface area contributed by atoms with Gasteiger partial charge in [-0.3, -0.25) is 9.59 Å². The van der Waals surface area contributed by atoms with Gasteiger partial charge in [0.1, 0.15) is 0 Å². The highest BCUT2D eigenvalue weighted by atomic mass is 16.5. The lowest BCUT2D eigenvalue weighted by atomic mass is 9.81. The van der Waals surface area contributed by atoms with Gasteiger partial charge in [-0.2, -0.15) is 0 Å². The Morgan fingerprint density at radius 3 is 2.56 bits per heavy atom. The summed E-state index contributed by atoms with van der Waals surface area (Å²) < 4.78 is 11.2. The largest absolute Gasteiger partial charge is 0.490 e. The van der Waals surface area contributed by atoms with Crippen molar-refractivity contribution in [2.45, 2.75) is 46.6 Å². The van der Waals surface area contributed by atoms with Crippen LogP contribution < -0.4 is 20.1 Å². The van der Waals surface area contributed by atoms with Crippen molar-refractivity contribution >= 4 is 11.8 Å². The van der Waals surface area contributed by atoms with Gasteiger partial charge in [-0.25, -0.2) is 0 Å². The number of amides is 2. The third-order valence-corrected chi connectivity index (χ3v) is 4.54. The van der Waals surface area contributed by atoms with Crippen molar-refractivity contribution in [2.24, 2.45) is 5.41 Å². The predicted octanol–water partition coefficient (Wildman–Crippen LogP) is 2.58. The van der Waals surface area contributed by atoms with Gasteiger partial charge in [0.05, 0.1) is 24.7 Å². The van der Waals surface area contributed by atoms with Gasteiger partial charge in [-0.05, 0) is 51.8 Å². The third-order valence-electron chi connectivity index (χ3n) is 4.54. The molecule has 0 unspecified atom stereocenters. The molecule has 0 spiro atoms. The highest BCUT2D eigenvalue weighted by Gasteiger charge is 2.37. The molecule has 1 fully saturated rings. The number of piperidine rings is 1. The summed E-state index contributed by atoms with van der Waals surface area (Å²) in [5.41, 5.74) is 0.375. The molecule has 1 aliphatic heterocycles. The molecule has 138 valence electrons. The molecule has 0 aliphatic carbocycles. The van der Waals surface area contributed by atoms with Crippen LogP contribution in [0.2, 0.25) is 0 Å². The Hall–Kier alpha value is -2.24. The molecule has 1 aromatic rings. The molecule has 6 nitrogen and oxygen atoms in total. The number of nitrogens with one attached hydrogen (secondary N) is 2. The minimum atomic E-state index is -0.573. The summed E-state index contributed by atoms with van der Waals surface area (Å²) >= 11 is 0. The smallest absolute Gasteiger partial charge is 0.228 e. The number of benzene rings is 1. The van der Waals surface area contributed by atoms with E-state index in [0.29, 0.717) is 44.1 Å². The first kappa shape index (κ1) is 19.1. The second kappa shape index (κ2) is 8.23. The van der Waals surface area contributed by atoms with Crippen molar-refractivity contribution in [3.05, 3.63) is 23.8 Å². The minimum absolute atomic E-state index is 0.00573. The Bertz CT molecular complexity index is 620. The summed E-state index contributed by atoms with van der Waals surface area (Å²) in [6.45, 7) is 9.16. The van der Waals surface area contributed by atoms with E-state index in [4.69, 9.17) is 9.47 Å². The van der Waals surface area contributed by atoms with Crippen LogP contribution in [0.15, 0.2) is 18.2 Å². The van der Waals surface area contributed by atoms with Crippen LogP contribution >= 0.6 is 0 Å². The molecule has 1 aromatic carbocycles. The van der Waals surface area contributed by atoms with Gasteiger partial charge >= 0.3 is 0 Å². The van der Waals surface area contributed by atoms with E-state index in [0.717, 1.165) is 5.56 Å². The van der Waals surface area contributed by atoms with Crippen LogP contribution in [-0.2, 0) is 9.59 Å². The Kier molecular flexibility index (Phi) is 6.28. The van der Waals surface area contributed by atoms with Gasteiger partial charge in [-0.15, -0.1) is 0 Å². The molecule has 25 heavy (non-hydrogen) atoms. The first-order valence-corrected chi connectivity index (χ1v) is 8.87. The summed E-state index contributed by atoms with van der Waals surface area (Å²) in [4.78, 5) is 24.0. The zero-order chi connectivity index (χ0) is 18.4. The number of rotatable bonds is 7. The van der Waals surface area contributed by atoms with E-state index in [1.165, 1.54) is 0 Å². The lowest BCUT2D eigenvalue weighted by Crippen LogP contribution is -2.50. The molecular formula is C19H28N2O4. The normalized spacial score (nSPS) is 21.2. The van der Waals surface area contributed by atoms with E-state index in [9.17, 15) is 9.59 Å². The van der Waals surface area contributed by atoms with E-state index in [2.05, 4.69) is 10.6 Å². The van der Waals surface area contributed by atoms with Crippen molar-refractivity contribution in [3.63, 3.8) is 0 Å². The van der Waals surface area contributed by atoms with Crippen molar-refractivity contribution in [2.75, 3.05) is 19.8 Å². The summed E-state index contributed by atoms with van der Waals surface area (Å²) in [6.07, 6.45) is 0.945. The molecule has 2 atom stereocenters. The molecule has 2 rings (SSSR count). The topological polar surface area (TPSA) is 76.7 Å². The van der Waals surface area contributed by atoms with Crippen LogP contribution in [0.3, 0.4) is 0 Å². The van der Waals surface area contributed by atoms with Gasteiger partial charge in [-0.1, -0.05) is 6.07 Å². The SMILES string of the molecule is CCOc1ccc([C@@H](C)NC(=O)[C@]2(C)CCC(=O)NC2)cc1OCC. The monoisotopic (exact) mass is 348 g/mol. The van der Waals surface area contributed by atoms with Crippen molar-refractivity contribution in [1.82, 2.24) is 10.6 Å². The second-order valence-corrected chi connectivity index (χ2v) is 6.60. The van der Waals surface area contributed by atoms with Crippen LogP contribution in [0.25, 0.3) is 0 Å².